The topological polar surface area (TPSA) is 128 Å². The van der Waals surface area contributed by atoms with E-state index in [1.54, 1.807) is 27.9 Å². The maximum atomic E-state index is 13.1. The van der Waals surface area contributed by atoms with Crippen molar-refractivity contribution in [3.8, 4) is 22.7 Å². The third-order valence-corrected chi connectivity index (χ3v) is 7.15. The van der Waals surface area contributed by atoms with Crippen LogP contribution < -0.4 is 5.32 Å². The molecule has 0 bridgehead atoms. The van der Waals surface area contributed by atoms with Gasteiger partial charge in [0.05, 0.1) is 18.2 Å². The van der Waals surface area contributed by atoms with Gasteiger partial charge in [0.1, 0.15) is 11.3 Å². The summed E-state index contributed by atoms with van der Waals surface area (Å²) in [5.74, 6) is -0.826. The Bertz CT molecular complexity index is 1630. The SMILES string of the molecule is CC(C)(C)OC(=O)N1CCC2(C1)C(=O)Nc1ccc(-c3cn(Cc4ccc(-c5nnc(C(F)F)o5)cc4)nn3)cc12. The first-order valence-corrected chi connectivity index (χ1v) is 13.1. The molecule has 212 valence electrons. The minimum Gasteiger partial charge on any atom is -0.444 e. The summed E-state index contributed by atoms with van der Waals surface area (Å²) >= 11 is 0. The number of nitrogens with zero attached hydrogens (tertiary/aromatic N) is 6. The molecule has 0 radical (unpaired) electrons. The second kappa shape index (κ2) is 9.75. The van der Waals surface area contributed by atoms with Crippen LogP contribution in [0.3, 0.4) is 0 Å². The minimum atomic E-state index is -2.82. The predicted octanol–water partition coefficient (Wildman–Crippen LogP) is 4.81. The van der Waals surface area contributed by atoms with Crippen molar-refractivity contribution in [1.82, 2.24) is 30.1 Å². The van der Waals surface area contributed by atoms with Crippen LogP contribution in [-0.2, 0) is 21.5 Å². The van der Waals surface area contributed by atoms with Crippen molar-refractivity contribution >= 4 is 17.7 Å². The number of rotatable bonds is 5. The van der Waals surface area contributed by atoms with E-state index in [0.29, 0.717) is 30.8 Å². The normalized spacial score (nSPS) is 18.3. The van der Waals surface area contributed by atoms with Crippen molar-refractivity contribution in [3.05, 3.63) is 65.7 Å². The van der Waals surface area contributed by atoms with E-state index < -0.39 is 29.4 Å². The number of benzene rings is 2. The second-order valence-corrected chi connectivity index (χ2v) is 11.2. The number of aromatic nitrogens is 5. The van der Waals surface area contributed by atoms with Crippen molar-refractivity contribution in [2.75, 3.05) is 18.4 Å². The Morgan fingerprint density at radius 1 is 1.12 bits per heavy atom. The zero-order chi connectivity index (χ0) is 28.9. The average molecular weight is 564 g/mol. The van der Waals surface area contributed by atoms with Gasteiger partial charge in [-0.3, -0.25) is 4.79 Å². The Labute approximate surface area is 233 Å². The molecule has 0 saturated carbocycles. The number of carbonyl (C=O) groups excluding carboxylic acids is 2. The molecule has 1 atom stereocenters. The lowest BCUT2D eigenvalue weighted by Crippen LogP contribution is -2.41. The molecule has 41 heavy (non-hydrogen) atoms. The quantitative estimate of drug-likeness (QED) is 0.366. The fourth-order valence-electron chi connectivity index (χ4n) is 5.16. The average Bonchev–Trinajstić information content (AvgIpc) is 3.71. The first-order chi connectivity index (χ1) is 19.5. The molecule has 13 heteroatoms. The number of halogens is 2. The van der Waals surface area contributed by atoms with Gasteiger partial charge in [0, 0.05) is 29.9 Å². The van der Waals surface area contributed by atoms with Crippen LogP contribution in [0.5, 0.6) is 0 Å². The second-order valence-electron chi connectivity index (χ2n) is 11.2. The number of nitrogens with one attached hydrogen (secondary N) is 1. The van der Waals surface area contributed by atoms with Crippen LogP contribution >= 0.6 is 0 Å². The number of fused-ring (bicyclic) bond motifs is 2. The zero-order valence-corrected chi connectivity index (χ0v) is 22.6. The van der Waals surface area contributed by atoms with Crippen LogP contribution in [0, 0.1) is 0 Å². The van der Waals surface area contributed by atoms with E-state index in [4.69, 9.17) is 9.15 Å². The molecule has 4 heterocycles. The smallest absolute Gasteiger partial charge is 0.410 e. The lowest BCUT2D eigenvalue weighted by atomic mass is 9.80. The third-order valence-electron chi connectivity index (χ3n) is 7.15. The highest BCUT2D eigenvalue weighted by Gasteiger charge is 2.52. The highest BCUT2D eigenvalue weighted by Crippen LogP contribution is 2.45. The molecule has 2 aromatic carbocycles. The first kappa shape index (κ1) is 26.5. The maximum Gasteiger partial charge on any atom is 0.410 e. The molecule has 2 aromatic heterocycles. The van der Waals surface area contributed by atoms with Gasteiger partial charge in [-0.05, 0) is 62.6 Å². The lowest BCUT2D eigenvalue weighted by molar-refractivity contribution is -0.120. The molecule has 1 unspecified atom stereocenters. The predicted molar refractivity (Wildman–Crippen MR) is 142 cm³/mol. The van der Waals surface area contributed by atoms with Crippen LogP contribution in [0.4, 0.5) is 19.3 Å². The van der Waals surface area contributed by atoms with Crippen LogP contribution in [0.25, 0.3) is 22.7 Å². The van der Waals surface area contributed by atoms with Gasteiger partial charge in [-0.25, -0.2) is 9.48 Å². The number of hydrogen-bond acceptors (Lipinski definition) is 8. The van der Waals surface area contributed by atoms with Gasteiger partial charge in [0.2, 0.25) is 11.8 Å². The van der Waals surface area contributed by atoms with Gasteiger partial charge in [-0.1, -0.05) is 23.4 Å². The molecule has 2 amide bonds. The molecule has 4 aromatic rings. The van der Waals surface area contributed by atoms with Gasteiger partial charge >= 0.3 is 12.5 Å². The van der Waals surface area contributed by atoms with E-state index >= 15 is 0 Å². The molecule has 11 nitrogen and oxygen atoms in total. The molecule has 6 rings (SSSR count). The zero-order valence-electron chi connectivity index (χ0n) is 22.6. The third kappa shape index (κ3) is 5.03. The van der Waals surface area contributed by atoms with E-state index in [0.717, 1.165) is 22.4 Å². The first-order valence-electron chi connectivity index (χ1n) is 13.1. The van der Waals surface area contributed by atoms with Crippen LogP contribution in [0.1, 0.15) is 50.6 Å². The number of anilines is 1. The summed E-state index contributed by atoms with van der Waals surface area (Å²) in [6, 6.07) is 12.7. The molecular formula is C28H27F2N7O4. The number of likely N-dealkylation sites (tertiary alicyclic amines) is 1. The van der Waals surface area contributed by atoms with Gasteiger partial charge in [-0.15, -0.1) is 15.3 Å². The van der Waals surface area contributed by atoms with Gasteiger partial charge < -0.3 is 19.4 Å². The van der Waals surface area contributed by atoms with Crippen LogP contribution in [0.15, 0.2) is 53.1 Å². The Morgan fingerprint density at radius 3 is 2.59 bits per heavy atom. The standard InChI is InChI=1S/C28H27F2N7O4/c1-27(2,3)41-26(39)36-11-10-28(15-36)19-12-18(8-9-20(19)31-25(28)38)21-14-37(35-32-21)13-16-4-6-17(7-5-16)23-33-34-24(40-23)22(29)30/h4-9,12,14,22H,10-11,13,15H2,1-3H3,(H,31,38). The monoisotopic (exact) mass is 563 g/mol. The highest BCUT2D eigenvalue weighted by atomic mass is 19.3. The molecule has 1 N–H and O–H groups in total. The molecule has 1 spiro atoms. The highest BCUT2D eigenvalue weighted by molar-refractivity contribution is 6.07. The van der Waals surface area contributed by atoms with E-state index in [-0.39, 0.29) is 18.3 Å². The minimum absolute atomic E-state index is 0.0220. The summed E-state index contributed by atoms with van der Waals surface area (Å²) in [7, 11) is 0. The van der Waals surface area contributed by atoms with E-state index in [1.807, 2.05) is 51.1 Å². The summed E-state index contributed by atoms with van der Waals surface area (Å²) in [5, 5.41) is 18.6. The Kier molecular flexibility index (Phi) is 6.31. The van der Waals surface area contributed by atoms with E-state index in [1.165, 1.54) is 0 Å². The lowest BCUT2D eigenvalue weighted by Gasteiger charge is -2.26. The number of amides is 2. The molecule has 1 fully saturated rings. The fourth-order valence-corrected chi connectivity index (χ4v) is 5.16. The molecule has 2 aliphatic rings. The molecular weight excluding hydrogens is 536 g/mol. The maximum absolute atomic E-state index is 13.1. The van der Waals surface area contributed by atoms with Gasteiger partial charge in [-0.2, -0.15) is 8.78 Å². The Balaban J connectivity index is 1.18. The van der Waals surface area contributed by atoms with Crippen molar-refractivity contribution in [3.63, 3.8) is 0 Å². The summed E-state index contributed by atoms with van der Waals surface area (Å²) in [6.07, 6.45) is -0.960. The van der Waals surface area contributed by atoms with Crippen molar-refractivity contribution in [2.24, 2.45) is 0 Å². The van der Waals surface area contributed by atoms with E-state index in [2.05, 4.69) is 25.8 Å². The Morgan fingerprint density at radius 2 is 1.88 bits per heavy atom. The van der Waals surface area contributed by atoms with Crippen LogP contribution in [0.2, 0.25) is 0 Å². The molecule has 0 aliphatic carbocycles. The summed E-state index contributed by atoms with van der Waals surface area (Å²) in [4.78, 5) is 27.4. The van der Waals surface area contributed by atoms with E-state index in [9.17, 15) is 18.4 Å². The van der Waals surface area contributed by atoms with Crippen molar-refractivity contribution < 1.29 is 27.5 Å². The molecule has 2 aliphatic heterocycles. The fraction of sp³-hybridized carbons (Fsp3) is 0.357. The van der Waals surface area contributed by atoms with Crippen LogP contribution in [-0.4, -0.2) is 60.8 Å². The summed E-state index contributed by atoms with van der Waals surface area (Å²) < 4.78 is 37.7. The summed E-state index contributed by atoms with van der Waals surface area (Å²) in [5.41, 5.74) is 2.92. The number of hydrogen-bond donors (Lipinski definition) is 1. The van der Waals surface area contributed by atoms with Gasteiger partial charge in [0.15, 0.2) is 0 Å². The van der Waals surface area contributed by atoms with Gasteiger partial charge in [0.25, 0.3) is 5.89 Å². The Hall–Kier alpha value is -4.68. The number of ether oxygens (including phenoxy) is 1. The summed E-state index contributed by atoms with van der Waals surface area (Å²) in [6.45, 7) is 6.50. The molecule has 1 saturated heterocycles. The van der Waals surface area contributed by atoms with Crippen molar-refractivity contribution in [1.29, 1.82) is 0 Å². The number of alkyl halides is 2. The largest absolute Gasteiger partial charge is 0.444 e. The number of carbonyl (C=O) groups is 2. The van der Waals surface area contributed by atoms with Crippen molar-refractivity contribution in [2.45, 2.75) is 51.2 Å².